The van der Waals surface area contributed by atoms with Gasteiger partial charge in [-0.05, 0) is 45.8 Å². The molecule has 3 N–H and O–H groups in total. The van der Waals surface area contributed by atoms with Crippen molar-refractivity contribution in [2.45, 2.75) is 6.18 Å². The van der Waals surface area contributed by atoms with Crippen LogP contribution >= 0.6 is 15.9 Å². The molecule has 0 fully saturated rings. The molecule has 0 aromatic heterocycles. The number of ether oxygens (including phenoxy) is 1. The topological polar surface area (TPSA) is 72.6 Å². The van der Waals surface area contributed by atoms with Crippen LogP contribution < -0.4 is 10.5 Å². The molecule has 128 valence electrons. The van der Waals surface area contributed by atoms with Crippen LogP contribution in [0.3, 0.4) is 0 Å². The van der Waals surface area contributed by atoms with E-state index in [9.17, 15) is 18.0 Å². The molecule has 0 spiro atoms. The van der Waals surface area contributed by atoms with Crippen LogP contribution in [0.15, 0.2) is 40.9 Å². The molecule has 0 saturated heterocycles. The van der Waals surface area contributed by atoms with Gasteiger partial charge < -0.3 is 15.6 Å². The Morgan fingerprint density at radius 3 is 2.54 bits per heavy atom. The summed E-state index contributed by atoms with van der Waals surface area (Å²) in [6.07, 6.45) is -4.50. The van der Waals surface area contributed by atoms with Crippen LogP contribution in [-0.4, -0.2) is 24.2 Å². The fraction of sp³-hybridized carbons (Fsp3) is 0.188. The summed E-state index contributed by atoms with van der Waals surface area (Å²) in [6, 6.07) is 7.40. The molecule has 24 heavy (non-hydrogen) atoms. The number of alkyl halides is 3. The number of amides is 1. The third-order valence-electron chi connectivity index (χ3n) is 3.17. The summed E-state index contributed by atoms with van der Waals surface area (Å²) in [5, 5.41) is 8.91. The monoisotopic (exact) mass is 403 g/mol. The summed E-state index contributed by atoms with van der Waals surface area (Å²) in [5.74, 6) is -0.508. The SMILES string of the molecule is NC(=O)c1cc(Br)c(OCCO)c(-c2cccc(C(F)(F)F)c2)c1. The van der Waals surface area contributed by atoms with Gasteiger partial charge in [0.2, 0.25) is 5.91 Å². The molecule has 0 bridgehead atoms. The number of nitrogens with two attached hydrogens (primary N) is 1. The van der Waals surface area contributed by atoms with Crippen molar-refractivity contribution in [3.05, 3.63) is 52.0 Å². The molecule has 0 atom stereocenters. The maximum absolute atomic E-state index is 12.9. The first kappa shape index (κ1) is 18.3. The maximum atomic E-state index is 12.9. The van der Waals surface area contributed by atoms with Crippen LogP contribution in [0, 0.1) is 0 Å². The zero-order chi connectivity index (χ0) is 17.9. The highest BCUT2D eigenvalue weighted by molar-refractivity contribution is 9.10. The van der Waals surface area contributed by atoms with Crippen LogP contribution in [0.2, 0.25) is 0 Å². The number of aliphatic hydroxyl groups excluding tert-OH is 1. The normalized spacial score (nSPS) is 11.4. The summed E-state index contributed by atoms with van der Waals surface area (Å²) in [5.41, 5.74) is 5.02. The average Bonchev–Trinajstić information content (AvgIpc) is 2.52. The predicted octanol–water partition coefficient (Wildman–Crippen LogP) is 3.60. The van der Waals surface area contributed by atoms with Crippen molar-refractivity contribution in [3.63, 3.8) is 0 Å². The van der Waals surface area contributed by atoms with E-state index in [1.165, 1.54) is 24.3 Å². The highest BCUT2D eigenvalue weighted by atomic mass is 79.9. The highest BCUT2D eigenvalue weighted by Gasteiger charge is 2.30. The molecule has 0 unspecified atom stereocenters. The van der Waals surface area contributed by atoms with Crippen LogP contribution in [0.5, 0.6) is 5.75 Å². The van der Waals surface area contributed by atoms with Gasteiger partial charge in [-0.25, -0.2) is 0 Å². The van der Waals surface area contributed by atoms with Gasteiger partial charge in [0.25, 0.3) is 0 Å². The van der Waals surface area contributed by atoms with Gasteiger partial charge in [-0.3, -0.25) is 4.79 Å². The number of halogens is 4. The number of benzene rings is 2. The Morgan fingerprint density at radius 1 is 1.25 bits per heavy atom. The van der Waals surface area contributed by atoms with E-state index in [4.69, 9.17) is 15.6 Å². The van der Waals surface area contributed by atoms with Crippen LogP contribution in [0.4, 0.5) is 13.2 Å². The first-order valence-electron chi connectivity index (χ1n) is 6.78. The van der Waals surface area contributed by atoms with Crippen LogP contribution in [0.25, 0.3) is 11.1 Å². The third kappa shape index (κ3) is 4.07. The highest BCUT2D eigenvalue weighted by Crippen LogP contribution is 2.40. The number of aliphatic hydroxyl groups is 1. The minimum atomic E-state index is -4.50. The lowest BCUT2D eigenvalue weighted by atomic mass is 9.99. The number of primary amides is 1. The minimum Gasteiger partial charge on any atom is -0.489 e. The van der Waals surface area contributed by atoms with Gasteiger partial charge in [-0.2, -0.15) is 13.2 Å². The second kappa shape index (κ2) is 7.23. The quantitative estimate of drug-likeness (QED) is 0.800. The molecule has 4 nitrogen and oxygen atoms in total. The van der Waals surface area contributed by atoms with Crippen molar-refractivity contribution < 1.29 is 27.8 Å². The molecule has 2 rings (SSSR count). The first-order valence-corrected chi connectivity index (χ1v) is 7.58. The van der Waals surface area contributed by atoms with E-state index in [1.807, 2.05) is 0 Å². The number of hydrogen-bond donors (Lipinski definition) is 2. The molecule has 8 heteroatoms. The van der Waals surface area contributed by atoms with Gasteiger partial charge in [0.15, 0.2) is 0 Å². The number of hydrogen-bond acceptors (Lipinski definition) is 3. The Hall–Kier alpha value is -2.06. The molecular weight excluding hydrogens is 391 g/mol. The molecule has 0 saturated carbocycles. The second-order valence-electron chi connectivity index (χ2n) is 4.85. The maximum Gasteiger partial charge on any atom is 0.416 e. The fourth-order valence-electron chi connectivity index (χ4n) is 2.11. The Balaban J connectivity index is 2.64. The van der Waals surface area contributed by atoms with E-state index in [-0.39, 0.29) is 35.7 Å². The third-order valence-corrected chi connectivity index (χ3v) is 3.76. The molecule has 0 aliphatic carbocycles. The lowest BCUT2D eigenvalue weighted by Gasteiger charge is -2.15. The molecule has 0 aliphatic rings. The molecule has 2 aromatic carbocycles. The largest absolute Gasteiger partial charge is 0.489 e. The van der Waals surface area contributed by atoms with Crippen molar-refractivity contribution in [2.75, 3.05) is 13.2 Å². The standard InChI is InChI=1S/C16H13BrF3NO3/c17-13-8-10(15(21)23)7-12(14(13)24-5-4-22)9-2-1-3-11(6-9)16(18,19)20/h1-3,6-8,22H,4-5H2,(H2,21,23). The van der Waals surface area contributed by atoms with Gasteiger partial charge in [-0.1, -0.05) is 12.1 Å². The molecule has 1 amide bonds. The van der Waals surface area contributed by atoms with Crippen molar-refractivity contribution in [3.8, 4) is 16.9 Å². The summed E-state index contributed by atoms with van der Waals surface area (Å²) < 4.78 is 44.5. The van der Waals surface area contributed by atoms with E-state index >= 15 is 0 Å². The minimum absolute atomic E-state index is 0.0551. The van der Waals surface area contributed by atoms with Gasteiger partial charge in [0.05, 0.1) is 16.6 Å². The predicted molar refractivity (Wildman–Crippen MR) is 85.7 cm³/mol. The van der Waals surface area contributed by atoms with E-state index < -0.39 is 17.6 Å². The lowest BCUT2D eigenvalue weighted by Crippen LogP contribution is -2.12. The Labute approximate surface area is 144 Å². The smallest absolute Gasteiger partial charge is 0.416 e. The molecule has 0 heterocycles. The zero-order valence-electron chi connectivity index (χ0n) is 12.2. The van der Waals surface area contributed by atoms with Crippen LogP contribution in [0.1, 0.15) is 15.9 Å². The lowest BCUT2D eigenvalue weighted by molar-refractivity contribution is -0.137. The Kier molecular flexibility index (Phi) is 5.51. The summed E-state index contributed by atoms with van der Waals surface area (Å²) in [6.45, 7) is -0.327. The molecular formula is C16H13BrF3NO3. The van der Waals surface area contributed by atoms with Crippen molar-refractivity contribution in [1.82, 2.24) is 0 Å². The van der Waals surface area contributed by atoms with Gasteiger partial charge >= 0.3 is 6.18 Å². The average molecular weight is 404 g/mol. The second-order valence-corrected chi connectivity index (χ2v) is 5.70. The van der Waals surface area contributed by atoms with Crippen molar-refractivity contribution in [1.29, 1.82) is 0 Å². The van der Waals surface area contributed by atoms with Crippen LogP contribution in [-0.2, 0) is 6.18 Å². The molecule has 2 aromatic rings. The summed E-state index contributed by atoms with van der Waals surface area (Å²) in [4.78, 5) is 11.4. The first-order chi connectivity index (χ1) is 11.2. The summed E-state index contributed by atoms with van der Waals surface area (Å²) >= 11 is 3.22. The van der Waals surface area contributed by atoms with Crippen molar-refractivity contribution in [2.24, 2.45) is 5.73 Å². The molecule has 0 radical (unpaired) electrons. The Morgan fingerprint density at radius 2 is 1.96 bits per heavy atom. The van der Waals surface area contributed by atoms with E-state index in [0.717, 1.165) is 12.1 Å². The van der Waals surface area contributed by atoms with Crippen molar-refractivity contribution >= 4 is 21.8 Å². The fourth-order valence-corrected chi connectivity index (χ4v) is 2.68. The number of rotatable bonds is 5. The molecule has 0 aliphatic heterocycles. The van der Waals surface area contributed by atoms with Gasteiger partial charge in [0, 0.05) is 11.1 Å². The van der Waals surface area contributed by atoms with Gasteiger partial charge in [-0.15, -0.1) is 0 Å². The Bertz CT molecular complexity index is 763. The van der Waals surface area contributed by atoms with E-state index in [1.54, 1.807) is 0 Å². The van der Waals surface area contributed by atoms with E-state index in [2.05, 4.69) is 15.9 Å². The number of carbonyl (C=O) groups is 1. The zero-order valence-corrected chi connectivity index (χ0v) is 13.8. The van der Waals surface area contributed by atoms with E-state index in [0.29, 0.717) is 4.47 Å². The number of carbonyl (C=O) groups excluding carboxylic acids is 1. The van der Waals surface area contributed by atoms with Gasteiger partial charge in [0.1, 0.15) is 12.4 Å². The summed E-state index contributed by atoms with van der Waals surface area (Å²) in [7, 11) is 0.